The van der Waals surface area contributed by atoms with Gasteiger partial charge in [-0.05, 0) is 54.5 Å². The van der Waals surface area contributed by atoms with Crippen LogP contribution in [-0.4, -0.2) is 56.5 Å². The highest BCUT2D eigenvalue weighted by atomic mass is 32.2. The molecule has 0 fully saturated rings. The number of aliphatic hydroxyl groups excluding tert-OH is 1. The number of rotatable bonds is 17. The van der Waals surface area contributed by atoms with Crippen molar-refractivity contribution in [3.63, 3.8) is 0 Å². The lowest BCUT2D eigenvalue weighted by molar-refractivity contribution is -0.131. The zero-order valence-electron chi connectivity index (χ0n) is 27.8. The first-order valence-corrected chi connectivity index (χ1v) is 17.6. The summed E-state index contributed by atoms with van der Waals surface area (Å²) in [7, 11) is -2.27. The van der Waals surface area contributed by atoms with E-state index >= 15 is 0 Å². The SMILES string of the molecule is CCC(NC(=O)[C@H](C)C[C@H](O)[C@H](CC(C)C)NC(=O)c1cccc(N(C)S(=O)(=O)Cc2ccccc2)c1)C(=O)NCc1ccccc1. The second kappa shape index (κ2) is 17.6. The lowest BCUT2D eigenvalue weighted by Crippen LogP contribution is -2.49. The summed E-state index contributed by atoms with van der Waals surface area (Å²) in [5.74, 6) is -1.83. The second-order valence-electron chi connectivity index (χ2n) is 12.3. The number of carbonyl (C=O) groups is 3. The van der Waals surface area contributed by atoms with Gasteiger partial charge in [0.2, 0.25) is 21.8 Å². The van der Waals surface area contributed by atoms with Gasteiger partial charge in [0.15, 0.2) is 0 Å². The van der Waals surface area contributed by atoms with Crippen LogP contribution in [0.3, 0.4) is 0 Å². The van der Waals surface area contributed by atoms with Crippen LogP contribution >= 0.6 is 0 Å². The predicted molar refractivity (Wildman–Crippen MR) is 185 cm³/mol. The van der Waals surface area contributed by atoms with Crippen LogP contribution in [0.4, 0.5) is 5.69 Å². The highest BCUT2D eigenvalue weighted by Crippen LogP contribution is 2.22. The van der Waals surface area contributed by atoms with Crippen LogP contribution in [-0.2, 0) is 31.9 Å². The van der Waals surface area contributed by atoms with Crippen molar-refractivity contribution in [2.24, 2.45) is 11.8 Å². The molecule has 47 heavy (non-hydrogen) atoms. The fraction of sp³-hybridized carbons (Fsp3) is 0.417. The fourth-order valence-corrected chi connectivity index (χ4v) is 6.41. The molecule has 0 aliphatic rings. The highest BCUT2D eigenvalue weighted by molar-refractivity contribution is 7.92. The number of amides is 3. The molecule has 0 bridgehead atoms. The van der Waals surface area contributed by atoms with Gasteiger partial charge in [-0.3, -0.25) is 18.7 Å². The molecule has 1 unspecified atom stereocenters. The van der Waals surface area contributed by atoms with Crippen molar-refractivity contribution in [3.05, 3.63) is 102 Å². The van der Waals surface area contributed by atoms with Gasteiger partial charge in [0, 0.05) is 25.1 Å². The summed E-state index contributed by atoms with van der Waals surface area (Å²) in [6.45, 7) is 7.77. The third-order valence-electron chi connectivity index (χ3n) is 7.98. The van der Waals surface area contributed by atoms with Crippen molar-refractivity contribution in [2.75, 3.05) is 11.4 Å². The lowest BCUT2D eigenvalue weighted by Gasteiger charge is -2.28. The zero-order valence-corrected chi connectivity index (χ0v) is 28.7. The lowest BCUT2D eigenvalue weighted by atomic mass is 9.92. The van der Waals surface area contributed by atoms with E-state index < -0.39 is 40.0 Å². The van der Waals surface area contributed by atoms with Crippen LogP contribution in [0.15, 0.2) is 84.9 Å². The Labute approximate surface area is 279 Å². The molecule has 4 atom stereocenters. The van der Waals surface area contributed by atoms with E-state index in [9.17, 15) is 27.9 Å². The van der Waals surface area contributed by atoms with Crippen LogP contribution in [0, 0.1) is 11.8 Å². The first kappa shape index (κ1) is 37.2. The maximum Gasteiger partial charge on any atom is 0.251 e. The van der Waals surface area contributed by atoms with Gasteiger partial charge in [-0.1, -0.05) is 94.4 Å². The van der Waals surface area contributed by atoms with Crippen LogP contribution in [0.5, 0.6) is 0 Å². The van der Waals surface area contributed by atoms with Gasteiger partial charge < -0.3 is 21.1 Å². The molecule has 10 nitrogen and oxygen atoms in total. The van der Waals surface area contributed by atoms with E-state index in [-0.39, 0.29) is 35.5 Å². The van der Waals surface area contributed by atoms with E-state index in [2.05, 4.69) is 16.0 Å². The number of aliphatic hydroxyl groups is 1. The fourth-order valence-electron chi connectivity index (χ4n) is 5.17. The molecule has 0 aliphatic carbocycles. The predicted octanol–water partition coefficient (Wildman–Crippen LogP) is 4.40. The molecular weight excluding hydrogens is 616 g/mol. The maximum absolute atomic E-state index is 13.4. The Morgan fingerprint density at radius 2 is 1.43 bits per heavy atom. The summed E-state index contributed by atoms with van der Waals surface area (Å²) in [6, 6.07) is 23.3. The zero-order chi connectivity index (χ0) is 34.6. The monoisotopic (exact) mass is 664 g/mol. The van der Waals surface area contributed by atoms with Crippen molar-refractivity contribution in [1.82, 2.24) is 16.0 Å². The Bertz CT molecular complexity index is 1570. The highest BCUT2D eigenvalue weighted by Gasteiger charge is 2.29. The van der Waals surface area contributed by atoms with Crippen molar-refractivity contribution >= 4 is 33.4 Å². The molecule has 4 N–H and O–H groups in total. The maximum atomic E-state index is 13.4. The average molecular weight is 665 g/mol. The molecule has 3 aromatic carbocycles. The minimum absolute atomic E-state index is 0.0616. The Hall–Kier alpha value is -4.22. The van der Waals surface area contributed by atoms with E-state index in [0.29, 0.717) is 30.6 Å². The number of hydrogen-bond acceptors (Lipinski definition) is 6. The van der Waals surface area contributed by atoms with Gasteiger partial charge >= 0.3 is 0 Å². The average Bonchev–Trinajstić information content (AvgIpc) is 3.05. The first-order valence-electron chi connectivity index (χ1n) is 16.0. The Balaban J connectivity index is 1.63. The Morgan fingerprint density at radius 1 is 0.809 bits per heavy atom. The third-order valence-corrected chi connectivity index (χ3v) is 9.72. The number of benzene rings is 3. The molecule has 0 aromatic heterocycles. The number of carbonyl (C=O) groups excluding carboxylic acids is 3. The molecular formula is C36H48N4O6S. The number of sulfonamides is 1. The van der Waals surface area contributed by atoms with Gasteiger partial charge in [-0.15, -0.1) is 0 Å². The van der Waals surface area contributed by atoms with E-state index in [0.717, 1.165) is 9.87 Å². The van der Waals surface area contributed by atoms with Gasteiger partial charge in [0.1, 0.15) is 6.04 Å². The largest absolute Gasteiger partial charge is 0.391 e. The summed E-state index contributed by atoms with van der Waals surface area (Å²) in [5, 5.41) is 19.8. The minimum Gasteiger partial charge on any atom is -0.391 e. The molecule has 0 saturated carbocycles. The number of hydrogen-bond donors (Lipinski definition) is 4. The van der Waals surface area contributed by atoms with Crippen LogP contribution in [0.2, 0.25) is 0 Å². The summed E-state index contributed by atoms with van der Waals surface area (Å²) in [6.07, 6.45) is -0.140. The molecule has 3 aromatic rings. The molecule has 11 heteroatoms. The number of anilines is 1. The first-order chi connectivity index (χ1) is 22.3. The van der Waals surface area contributed by atoms with Crippen molar-refractivity contribution in [2.45, 2.75) is 77.4 Å². The summed E-state index contributed by atoms with van der Waals surface area (Å²) < 4.78 is 27.3. The molecule has 0 radical (unpaired) electrons. The number of nitrogens with one attached hydrogen (secondary N) is 3. The smallest absolute Gasteiger partial charge is 0.251 e. The van der Waals surface area contributed by atoms with Crippen molar-refractivity contribution in [3.8, 4) is 0 Å². The number of nitrogens with zero attached hydrogens (tertiary/aromatic N) is 1. The Kier molecular flexibility index (Phi) is 14.0. The van der Waals surface area contributed by atoms with E-state index in [1.807, 2.05) is 57.2 Å². The Morgan fingerprint density at radius 3 is 2.02 bits per heavy atom. The summed E-state index contributed by atoms with van der Waals surface area (Å²) >= 11 is 0. The van der Waals surface area contributed by atoms with E-state index in [1.165, 1.54) is 13.1 Å². The summed E-state index contributed by atoms with van der Waals surface area (Å²) in [4.78, 5) is 39.2. The normalized spacial score (nSPS) is 14.0. The minimum atomic E-state index is -3.72. The van der Waals surface area contributed by atoms with Crippen LogP contribution in [0.1, 0.15) is 68.4 Å². The van der Waals surface area contributed by atoms with Gasteiger partial charge in [-0.2, -0.15) is 0 Å². The molecule has 0 heterocycles. The van der Waals surface area contributed by atoms with Gasteiger partial charge in [0.25, 0.3) is 5.91 Å². The van der Waals surface area contributed by atoms with E-state index in [4.69, 9.17) is 0 Å². The molecule has 0 aliphatic heterocycles. The molecule has 3 amide bonds. The van der Waals surface area contributed by atoms with E-state index in [1.54, 1.807) is 49.4 Å². The van der Waals surface area contributed by atoms with Crippen molar-refractivity contribution in [1.29, 1.82) is 0 Å². The molecule has 0 spiro atoms. The topological polar surface area (TPSA) is 145 Å². The van der Waals surface area contributed by atoms with Crippen molar-refractivity contribution < 1.29 is 27.9 Å². The van der Waals surface area contributed by atoms with Gasteiger partial charge in [0.05, 0.1) is 23.6 Å². The van der Waals surface area contributed by atoms with Crippen LogP contribution in [0.25, 0.3) is 0 Å². The van der Waals surface area contributed by atoms with Crippen LogP contribution < -0.4 is 20.3 Å². The summed E-state index contributed by atoms with van der Waals surface area (Å²) in [5.41, 5.74) is 2.17. The third kappa shape index (κ3) is 11.5. The second-order valence-corrected chi connectivity index (χ2v) is 14.3. The molecule has 254 valence electrons. The molecule has 0 saturated heterocycles. The standard InChI is InChI=1S/C36H48N4O6S/c1-6-31(36(44)37-23-27-14-9-7-10-15-27)38-34(42)26(4)21-33(41)32(20-25(2)3)39-35(43)29-18-13-19-30(22-29)40(5)47(45,46)24-28-16-11-8-12-17-28/h7-19,22,25-26,31-33,41H,6,20-21,23-24H2,1-5H3,(H,37,44)(H,38,42)(H,39,43)/t26-,31?,32+,33+/m1/s1. The molecule has 3 rings (SSSR count). The quantitative estimate of drug-likeness (QED) is 0.169. The van der Waals surface area contributed by atoms with Gasteiger partial charge in [-0.25, -0.2) is 8.42 Å².